The van der Waals surface area contributed by atoms with Gasteiger partial charge in [0.05, 0.1) is 7.11 Å². The Bertz CT molecular complexity index is 578. The lowest BCUT2D eigenvalue weighted by Crippen LogP contribution is -2.20. The fourth-order valence-corrected chi connectivity index (χ4v) is 2.40. The first-order valence-corrected chi connectivity index (χ1v) is 7.30. The largest absolute Gasteiger partial charge is 0.504 e. The molecule has 112 valence electrons. The van der Waals surface area contributed by atoms with Gasteiger partial charge in [0.2, 0.25) is 0 Å². The van der Waals surface area contributed by atoms with Crippen LogP contribution in [0.15, 0.2) is 42.5 Å². The number of rotatable bonds is 6. The molecule has 2 N–H and O–H groups in total. The number of benzene rings is 2. The van der Waals surface area contributed by atoms with Gasteiger partial charge in [0, 0.05) is 18.2 Å². The van der Waals surface area contributed by atoms with E-state index in [2.05, 4.69) is 43.4 Å². The second kappa shape index (κ2) is 7.14. The Morgan fingerprint density at radius 3 is 2.48 bits per heavy atom. The van der Waals surface area contributed by atoms with E-state index in [1.807, 2.05) is 12.1 Å². The zero-order chi connectivity index (χ0) is 15.2. The Hall–Kier alpha value is -2.00. The number of para-hydroxylation sites is 1. The zero-order valence-corrected chi connectivity index (χ0v) is 12.9. The molecule has 21 heavy (non-hydrogen) atoms. The van der Waals surface area contributed by atoms with Crippen LogP contribution in [-0.2, 0) is 6.54 Å². The number of aromatic hydroxyl groups is 1. The van der Waals surface area contributed by atoms with Crippen molar-refractivity contribution in [3.8, 4) is 11.5 Å². The third kappa shape index (κ3) is 3.76. The van der Waals surface area contributed by atoms with Gasteiger partial charge in [0.1, 0.15) is 0 Å². The molecule has 0 amide bonds. The molecule has 0 aromatic heterocycles. The normalized spacial score (nSPS) is 12.1. The number of hydrogen-bond donors (Lipinski definition) is 2. The summed E-state index contributed by atoms with van der Waals surface area (Å²) >= 11 is 0. The van der Waals surface area contributed by atoms with Crippen molar-refractivity contribution in [2.24, 2.45) is 0 Å². The second-order valence-corrected chi connectivity index (χ2v) is 5.22. The molecule has 3 nitrogen and oxygen atoms in total. The van der Waals surface area contributed by atoms with Gasteiger partial charge in [-0.05, 0) is 25.0 Å². The molecule has 0 bridgehead atoms. The van der Waals surface area contributed by atoms with Gasteiger partial charge < -0.3 is 15.2 Å². The third-order valence-electron chi connectivity index (χ3n) is 3.73. The van der Waals surface area contributed by atoms with Crippen LogP contribution in [0.3, 0.4) is 0 Å². The zero-order valence-electron chi connectivity index (χ0n) is 12.9. The highest BCUT2D eigenvalue weighted by Crippen LogP contribution is 2.29. The SMILES string of the molecule is CCC(NCc1cccc(OC)c1O)c1ccc(C)cc1. The van der Waals surface area contributed by atoms with E-state index in [9.17, 15) is 5.11 Å². The summed E-state index contributed by atoms with van der Waals surface area (Å²) in [6.07, 6.45) is 0.994. The third-order valence-corrected chi connectivity index (χ3v) is 3.73. The van der Waals surface area contributed by atoms with Crippen molar-refractivity contribution in [3.63, 3.8) is 0 Å². The fourth-order valence-electron chi connectivity index (χ4n) is 2.40. The number of hydrogen-bond acceptors (Lipinski definition) is 3. The average Bonchev–Trinajstić information content (AvgIpc) is 2.51. The van der Waals surface area contributed by atoms with Gasteiger partial charge in [-0.25, -0.2) is 0 Å². The summed E-state index contributed by atoms with van der Waals surface area (Å²) in [5.41, 5.74) is 3.38. The number of nitrogens with one attached hydrogen (secondary N) is 1. The minimum atomic E-state index is 0.214. The van der Waals surface area contributed by atoms with Crippen LogP contribution in [0.2, 0.25) is 0 Å². The summed E-state index contributed by atoms with van der Waals surface area (Å²) in [4.78, 5) is 0. The van der Waals surface area contributed by atoms with E-state index in [0.717, 1.165) is 12.0 Å². The van der Waals surface area contributed by atoms with Crippen LogP contribution in [0.4, 0.5) is 0 Å². The maximum atomic E-state index is 10.1. The molecule has 1 unspecified atom stereocenters. The number of phenolic OH excluding ortho intramolecular Hbond substituents is 1. The van der Waals surface area contributed by atoms with Crippen LogP contribution in [-0.4, -0.2) is 12.2 Å². The van der Waals surface area contributed by atoms with Gasteiger partial charge in [-0.2, -0.15) is 0 Å². The molecule has 0 aliphatic carbocycles. The molecule has 0 fully saturated rings. The summed E-state index contributed by atoms with van der Waals surface area (Å²) in [5, 5.41) is 13.6. The molecule has 0 spiro atoms. The van der Waals surface area contributed by atoms with E-state index in [-0.39, 0.29) is 11.8 Å². The highest BCUT2D eigenvalue weighted by atomic mass is 16.5. The lowest BCUT2D eigenvalue weighted by atomic mass is 10.0. The van der Waals surface area contributed by atoms with Crippen LogP contribution in [0.25, 0.3) is 0 Å². The van der Waals surface area contributed by atoms with Crippen LogP contribution < -0.4 is 10.1 Å². The molecule has 0 aliphatic rings. The molecule has 0 heterocycles. The Kier molecular flexibility index (Phi) is 5.23. The number of aryl methyl sites for hydroxylation is 1. The minimum absolute atomic E-state index is 0.214. The van der Waals surface area contributed by atoms with E-state index in [0.29, 0.717) is 12.3 Å². The molecule has 2 aromatic carbocycles. The van der Waals surface area contributed by atoms with Gasteiger partial charge in [0.25, 0.3) is 0 Å². The number of ether oxygens (including phenoxy) is 1. The van der Waals surface area contributed by atoms with E-state index in [4.69, 9.17) is 4.74 Å². The topological polar surface area (TPSA) is 41.5 Å². The van der Waals surface area contributed by atoms with Crippen LogP contribution >= 0.6 is 0 Å². The van der Waals surface area contributed by atoms with Crippen molar-refractivity contribution in [1.82, 2.24) is 5.32 Å². The van der Waals surface area contributed by atoms with Crippen molar-refractivity contribution in [2.45, 2.75) is 32.9 Å². The summed E-state index contributed by atoms with van der Waals surface area (Å²) in [5.74, 6) is 0.726. The van der Waals surface area contributed by atoms with Crippen molar-refractivity contribution in [2.75, 3.05) is 7.11 Å². The molecule has 3 heteroatoms. The molecule has 2 aromatic rings. The Balaban J connectivity index is 2.08. The molecule has 1 atom stereocenters. The van der Waals surface area contributed by atoms with Crippen molar-refractivity contribution >= 4 is 0 Å². The van der Waals surface area contributed by atoms with Crippen LogP contribution in [0.1, 0.15) is 36.1 Å². The maximum absolute atomic E-state index is 10.1. The average molecular weight is 285 g/mol. The van der Waals surface area contributed by atoms with E-state index in [1.54, 1.807) is 13.2 Å². The first-order valence-electron chi connectivity index (χ1n) is 7.30. The van der Waals surface area contributed by atoms with Crippen LogP contribution in [0, 0.1) is 6.92 Å². The van der Waals surface area contributed by atoms with Crippen molar-refractivity contribution < 1.29 is 9.84 Å². The summed E-state index contributed by atoms with van der Waals surface area (Å²) < 4.78 is 5.14. The molecule has 0 aliphatic heterocycles. The second-order valence-electron chi connectivity index (χ2n) is 5.22. The highest BCUT2D eigenvalue weighted by Gasteiger charge is 2.11. The quantitative estimate of drug-likeness (QED) is 0.844. The van der Waals surface area contributed by atoms with Gasteiger partial charge in [-0.1, -0.05) is 48.9 Å². The predicted molar refractivity (Wildman–Crippen MR) is 85.7 cm³/mol. The van der Waals surface area contributed by atoms with E-state index in [1.165, 1.54) is 11.1 Å². The first-order chi connectivity index (χ1) is 10.2. The molecule has 0 radical (unpaired) electrons. The first kappa shape index (κ1) is 15.4. The van der Waals surface area contributed by atoms with Gasteiger partial charge in [-0.3, -0.25) is 0 Å². The summed E-state index contributed by atoms with van der Waals surface area (Å²) in [6.45, 7) is 4.85. The van der Waals surface area contributed by atoms with Crippen molar-refractivity contribution in [1.29, 1.82) is 0 Å². The maximum Gasteiger partial charge on any atom is 0.162 e. The Labute approximate surface area is 126 Å². The summed E-state index contributed by atoms with van der Waals surface area (Å²) in [7, 11) is 1.56. The molecule has 0 saturated carbocycles. The fraction of sp³-hybridized carbons (Fsp3) is 0.333. The van der Waals surface area contributed by atoms with Crippen molar-refractivity contribution in [3.05, 3.63) is 59.2 Å². The van der Waals surface area contributed by atoms with Gasteiger partial charge in [-0.15, -0.1) is 0 Å². The van der Waals surface area contributed by atoms with E-state index < -0.39 is 0 Å². The van der Waals surface area contributed by atoms with E-state index >= 15 is 0 Å². The van der Waals surface area contributed by atoms with Gasteiger partial charge >= 0.3 is 0 Å². The minimum Gasteiger partial charge on any atom is -0.504 e. The monoisotopic (exact) mass is 285 g/mol. The lowest BCUT2D eigenvalue weighted by Gasteiger charge is -2.18. The molecule has 0 saturated heterocycles. The molecular weight excluding hydrogens is 262 g/mol. The standard InChI is InChI=1S/C18H23NO2/c1-4-16(14-10-8-13(2)9-11-14)19-12-15-6-5-7-17(21-3)18(15)20/h5-11,16,19-20H,4,12H2,1-3H3. The van der Waals surface area contributed by atoms with Gasteiger partial charge in [0.15, 0.2) is 11.5 Å². The molecule has 2 rings (SSSR count). The Morgan fingerprint density at radius 1 is 1.14 bits per heavy atom. The predicted octanol–water partition coefficient (Wildman–Crippen LogP) is 3.95. The molecular formula is C18H23NO2. The number of methoxy groups -OCH3 is 1. The lowest BCUT2D eigenvalue weighted by molar-refractivity contribution is 0.368. The highest BCUT2D eigenvalue weighted by molar-refractivity contribution is 5.45. The number of phenols is 1. The Morgan fingerprint density at radius 2 is 1.86 bits per heavy atom. The smallest absolute Gasteiger partial charge is 0.162 e. The van der Waals surface area contributed by atoms with Crippen LogP contribution in [0.5, 0.6) is 11.5 Å². The summed E-state index contributed by atoms with van der Waals surface area (Å²) in [6, 6.07) is 14.4.